The van der Waals surface area contributed by atoms with Crippen molar-refractivity contribution in [2.24, 2.45) is 5.84 Å². The van der Waals surface area contributed by atoms with E-state index in [9.17, 15) is 0 Å². The molecule has 1 unspecified atom stereocenters. The molecule has 2 rings (SSSR count). The second-order valence-electron chi connectivity index (χ2n) is 4.68. The first-order valence-corrected chi connectivity index (χ1v) is 7.95. The molecule has 0 aliphatic carbocycles. The average molecular weight is 405 g/mol. The summed E-state index contributed by atoms with van der Waals surface area (Å²) in [5, 5.41) is 5.19. The van der Waals surface area contributed by atoms with E-state index in [0.717, 1.165) is 32.8 Å². The molecule has 0 amide bonds. The van der Waals surface area contributed by atoms with Crippen LogP contribution in [0.5, 0.6) is 0 Å². The molecule has 0 saturated carbocycles. The molecule has 1 aromatic carbocycles. The normalized spacial score (nSPS) is 12.7. The zero-order valence-corrected chi connectivity index (χ0v) is 14.4. The monoisotopic (exact) mass is 404 g/mol. The van der Waals surface area contributed by atoms with E-state index in [0.29, 0.717) is 0 Å². The number of benzene rings is 1. The maximum atomic E-state index is 6.09. The van der Waals surface area contributed by atoms with E-state index >= 15 is 0 Å². The van der Waals surface area contributed by atoms with E-state index in [-0.39, 0.29) is 6.04 Å². The summed E-state index contributed by atoms with van der Waals surface area (Å²) in [6.45, 7) is 4.95. The van der Waals surface area contributed by atoms with E-state index < -0.39 is 0 Å². The highest BCUT2D eigenvalue weighted by Crippen LogP contribution is 2.26. The Morgan fingerprint density at radius 3 is 2.85 bits per heavy atom. The Morgan fingerprint density at radius 1 is 1.45 bits per heavy atom. The van der Waals surface area contributed by atoms with Gasteiger partial charge in [-0.25, -0.2) is 0 Å². The molecule has 0 aliphatic heterocycles. The number of hydrazine groups is 1. The SMILES string of the molecule is CCn1nc(C)cc1CC(NN)c1cc(Cl)ccc1I. The van der Waals surface area contributed by atoms with E-state index in [2.05, 4.69) is 46.1 Å². The Bertz CT molecular complexity index is 597. The Labute approximate surface area is 137 Å². The van der Waals surface area contributed by atoms with Gasteiger partial charge in [-0.05, 0) is 66.3 Å². The Balaban J connectivity index is 2.30. The lowest BCUT2D eigenvalue weighted by molar-refractivity contribution is 0.515. The van der Waals surface area contributed by atoms with Gasteiger partial charge in [0.05, 0.1) is 11.7 Å². The van der Waals surface area contributed by atoms with E-state index in [1.54, 1.807) is 0 Å². The van der Waals surface area contributed by atoms with Crippen LogP contribution in [-0.2, 0) is 13.0 Å². The fourth-order valence-electron chi connectivity index (χ4n) is 2.29. The Morgan fingerprint density at radius 2 is 2.20 bits per heavy atom. The third-order valence-electron chi connectivity index (χ3n) is 3.23. The number of aryl methyl sites for hydroxylation is 2. The number of halogens is 2. The molecule has 6 heteroatoms. The van der Waals surface area contributed by atoms with Gasteiger partial charge in [-0.2, -0.15) is 5.10 Å². The Hall–Kier alpha value is -0.630. The van der Waals surface area contributed by atoms with Crippen molar-refractivity contribution in [3.63, 3.8) is 0 Å². The number of hydrogen-bond acceptors (Lipinski definition) is 3. The molecule has 1 aromatic heterocycles. The number of nitrogens with two attached hydrogens (primary N) is 1. The molecule has 0 bridgehead atoms. The summed E-state index contributed by atoms with van der Waals surface area (Å²) < 4.78 is 3.16. The van der Waals surface area contributed by atoms with Gasteiger partial charge >= 0.3 is 0 Å². The van der Waals surface area contributed by atoms with Crippen LogP contribution in [0, 0.1) is 10.5 Å². The van der Waals surface area contributed by atoms with Crippen LogP contribution in [0.1, 0.15) is 29.9 Å². The van der Waals surface area contributed by atoms with E-state index in [4.69, 9.17) is 17.4 Å². The second kappa shape index (κ2) is 6.89. The van der Waals surface area contributed by atoms with Crippen LogP contribution in [0.25, 0.3) is 0 Å². The lowest BCUT2D eigenvalue weighted by Crippen LogP contribution is -2.30. The molecule has 1 atom stereocenters. The van der Waals surface area contributed by atoms with Gasteiger partial charge in [0.2, 0.25) is 0 Å². The van der Waals surface area contributed by atoms with Crippen LogP contribution < -0.4 is 11.3 Å². The third kappa shape index (κ3) is 3.52. The van der Waals surface area contributed by atoms with Crippen LogP contribution >= 0.6 is 34.2 Å². The van der Waals surface area contributed by atoms with Gasteiger partial charge in [-0.3, -0.25) is 16.0 Å². The number of nitrogens with one attached hydrogen (secondary N) is 1. The maximum absolute atomic E-state index is 6.09. The van der Waals surface area contributed by atoms with Gasteiger partial charge in [-0.1, -0.05) is 11.6 Å². The van der Waals surface area contributed by atoms with Crippen LogP contribution in [0.4, 0.5) is 0 Å². The summed E-state index contributed by atoms with van der Waals surface area (Å²) in [5.41, 5.74) is 6.20. The minimum absolute atomic E-state index is 0.0157. The van der Waals surface area contributed by atoms with Crippen LogP contribution in [-0.4, -0.2) is 9.78 Å². The summed E-state index contributed by atoms with van der Waals surface area (Å²) in [5.74, 6) is 5.74. The minimum Gasteiger partial charge on any atom is -0.271 e. The van der Waals surface area contributed by atoms with Crippen molar-refractivity contribution >= 4 is 34.2 Å². The zero-order chi connectivity index (χ0) is 14.7. The number of aromatic nitrogens is 2. The first-order valence-electron chi connectivity index (χ1n) is 6.49. The molecule has 20 heavy (non-hydrogen) atoms. The van der Waals surface area contributed by atoms with Crippen LogP contribution in [0.2, 0.25) is 5.02 Å². The van der Waals surface area contributed by atoms with E-state index in [1.807, 2.05) is 29.8 Å². The van der Waals surface area contributed by atoms with Gasteiger partial charge < -0.3 is 0 Å². The third-order valence-corrected chi connectivity index (χ3v) is 4.45. The van der Waals surface area contributed by atoms with Gasteiger partial charge in [0.1, 0.15) is 0 Å². The highest BCUT2D eigenvalue weighted by Gasteiger charge is 2.17. The molecule has 2 aromatic rings. The smallest absolute Gasteiger partial charge is 0.0596 e. The first-order chi connectivity index (χ1) is 9.55. The largest absolute Gasteiger partial charge is 0.271 e. The van der Waals surface area contributed by atoms with Crippen molar-refractivity contribution in [2.75, 3.05) is 0 Å². The van der Waals surface area contributed by atoms with Gasteiger partial charge in [0.15, 0.2) is 0 Å². The lowest BCUT2D eigenvalue weighted by atomic mass is 10.0. The van der Waals surface area contributed by atoms with Crippen molar-refractivity contribution < 1.29 is 0 Å². The van der Waals surface area contributed by atoms with Gasteiger partial charge in [0, 0.05) is 27.3 Å². The summed E-state index contributed by atoms with van der Waals surface area (Å²) in [6.07, 6.45) is 0.779. The highest BCUT2D eigenvalue weighted by atomic mass is 127. The highest BCUT2D eigenvalue weighted by molar-refractivity contribution is 14.1. The number of rotatable bonds is 5. The Kier molecular flexibility index (Phi) is 5.42. The van der Waals surface area contributed by atoms with Gasteiger partial charge in [-0.15, -0.1) is 0 Å². The van der Waals surface area contributed by atoms with E-state index in [1.165, 1.54) is 5.69 Å². The van der Waals surface area contributed by atoms with Crippen molar-refractivity contribution in [3.8, 4) is 0 Å². The standard InChI is InChI=1S/C14H18ClIN4/c1-3-20-11(6-9(2)19-20)8-14(18-17)12-7-10(15)4-5-13(12)16/h4-7,14,18H,3,8,17H2,1-2H3. The summed E-state index contributed by atoms with van der Waals surface area (Å²) >= 11 is 8.40. The second-order valence-corrected chi connectivity index (χ2v) is 6.28. The van der Waals surface area contributed by atoms with Crippen molar-refractivity contribution in [1.29, 1.82) is 0 Å². The molecular formula is C14H18ClIN4. The molecule has 0 aliphatic rings. The number of nitrogens with zero attached hydrogens (tertiary/aromatic N) is 2. The fourth-order valence-corrected chi connectivity index (χ4v) is 3.18. The lowest BCUT2D eigenvalue weighted by Gasteiger charge is -2.18. The topological polar surface area (TPSA) is 55.9 Å². The summed E-state index contributed by atoms with van der Waals surface area (Å²) in [6, 6.07) is 7.98. The molecule has 0 radical (unpaired) electrons. The average Bonchev–Trinajstić information content (AvgIpc) is 2.79. The predicted molar refractivity (Wildman–Crippen MR) is 90.6 cm³/mol. The molecule has 0 saturated heterocycles. The molecule has 0 fully saturated rings. The molecule has 0 spiro atoms. The molecule has 4 nitrogen and oxygen atoms in total. The molecular weight excluding hydrogens is 387 g/mol. The van der Waals surface area contributed by atoms with Crippen LogP contribution in [0.15, 0.2) is 24.3 Å². The summed E-state index contributed by atoms with van der Waals surface area (Å²) in [4.78, 5) is 0. The van der Waals surface area contributed by atoms with Crippen molar-refractivity contribution in [2.45, 2.75) is 32.9 Å². The zero-order valence-electron chi connectivity index (χ0n) is 11.5. The van der Waals surface area contributed by atoms with Crippen molar-refractivity contribution in [3.05, 3.63) is 49.8 Å². The van der Waals surface area contributed by atoms with Crippen molar-refractivity contribution in [1.82, 2.24) is 15.2 Å². The molecule has 1 heterocycles. The maximum Gasteiger partial charge on any atom is 0.0596 e. The quantitative estimate of drug-likeness (QED) is 0.457. The predicted octanol–water partition coefficient (Wildman–Crippen LogP) is 3.22. The number of hydrogen-bond donors (Lipinski definition) is 2. The fraction of sp³-hybridized carbons (Fsp3) is 0.357. The first kappa shape index (κ1) is 15.8. The van der Waals surface area contributed by atoms with Gasteiger partial charge in [0.25, 0.3) is 0 Å². The molecule has 3 N–H and O–H groups in total. The minimum atomic E-state index is 0.0157. The molecule has 108 valence electrons. The van der Waals surface area contributed by atoms with Crippen LogP contribution in [0.3, 0.4) is 0 Å². The summed E-state index contributed by atoms with van der Waals surface area (Å²) in [7, 11) is 0.